The fraction of sp³-hybridized carbons (Fsp3) is 0.500. The molecular formula is C22H38N6O4. The van der Waals surface area contributed by atoms with E-state index in [1.807, 2.05) is 25.2 Å². The molecule has 1 aromatic rings. The minimum Gasteiger partial charge on any atom is -0.399 e. The third kappa shape index (κ3) is 11.1. The van der Waals surface area contributed by atoms with Gasteiger partial charge in [0.1, 0.15) is 0 Å². The Balaban J connectivity index is 2.16. The van der Waals surface area contributed by atoms with Crippen LogP contribution in [0, 0.1) is 0 Å². The fourth-order valence-electron chi connectivity index (χ4n) is 2.69. The van der Waals surface area contributed by atoms with Crippen LogP contribution >= 0.6 is 0 Å². The van der Waals surface area contributed by atoms with Crippen LogP contribution in [0.5, 0.6) is 0 Å². The molecule has 32 heavy (non-hydrogen) atoms. The number of anilines is 1. The quantitative estimate of drug-likeness (QED) is 0.122. The number of carbonyl (C=O) groups excluding carboxylic acids is 1. The first-order chi connectivity index (χ1) is 15.5. The lowest BCUT2D eigenvalue weighted by Crippen LogP contribution is -2.31. The maximum Gasteiger partial charge on any atom is 0.253 e. The van der Waals surface area contributed by atoms with Crippen molar-refractivity contribution in [3.8, 4) is 0 Å². The number of hydrazine groups is 1. The van der Waals surface area contributed by atoms with Crippen molar-refractivity contribution < 1.29 is 19.0 Å². The smallest absolute Gasteiger partial charge is 0.253 e. The number of carbonyl (C=O) groups is 1. The third-order valence-corrected chi connectivity index (χ3v) is 4.30. The van der Waals surface area contributed by atoms with Gasteiger partial charge in [-0.15, -0.1) is 0 Å². The summed E-state index contributed by atoms with van der Waals surface area (Å²) in [6, 6.07) is 5.58. The monoisotopic (exact) mass is 450 g/mol. The van der Waals surface area contributed by atoms with Gasteiger partial charge in [-0.1, -0.05) is 24.8 Å². The first-order valence-corrected chi connectivity index (χ1v) is 10.6. The molecule has 0 spiro atoms. The van der Waals surface area contributed by atoms with Gasteiger partial charge >= 0.3 is 0 Å². The highest BCUT2D eigenvalue weighted by Crippen LogP contribution is 2.20. The predicted octanol–water partition coefficient (Wildman–Crippen LogP) is 0.346. The largest absolute Gasteiger partial charge is 0.399 e. The van der Waals surface area contributed by atoms with E-state index in [9.17, 15) is 4.79 Å². The number of amides is 1. The highest BCUT2D eigenvalue weighted by molar-refractivity contribution is 6.02. The summed E-state index contributed by atoms with van der Waals surface area (Å²) in [5, 5.41) is 10.3. The van der Waals surface area contributed by atoms with E-state index in [-0.39, 0.29) is 5.91 Å². The van der Waals surface area contributed by atoms with Crippen LogP contribution < -0.4 is 27.5 Å². The normalized spacial score (nSPS) is 11.3. The molecule has 10 nitrogen and oxygen atoms in total. The van der Waals surface area contributed by atoms with Gasteiger partial charge < -0.3 is 40.9 Å². The Kier molecular flexibility index (Phi) is 14.5. The third-order valence-electron chi connectivity index (χ3n) is 4.30. The van der Waals surface area contributed by atoms with E-state index in [4.69, 9.17) is 25.8 Å². The Hall–Kier alpha value is -2.63. The van der Waals surface area contributed by atoms with Gasteiger partial charge in [0.2, 0.25) is 0 Å². The van der Waals surface area contributed by atoms with Crippen molar-refractivity contribution in [3.63, 3.8) is 0 Å². The van der Waals surface area contributed by atoms with Crippen LogP contribution in [-0.2, 0) is 14.2 Å². The summed E-state index contributed by atoms with van der Waals surface area (Å²) in [6.45, 7) is 8.35. The zero-order chi connectivity index (χ0) is 23.6. The number of hydrogen-bond donors (Lipinski definition) is 5. The van der Waals surface area contributed by atoms with Gasteiger partial charge in [-0.2, -0.15) is 0 Å². The predicted molar refractivity (Wildman–Crippen MR) is 128 cm³/mol. The molecule has 0 heterocycles. The molecule has 0 bridgehead atoms. The highest BCUT2D eigenvalue weighted by Gasteiger charge is 2.13. The zero-order valence-electron chi connectivity index (χ0n) is 19.2. The zero-order valence-corrected chi connectivity index (χ0v) is 19.2. The summed E-state index contributed by atoms with van der Waals surface area (Å²) in [5.74, 6) is 5.70. The van der Waals surface area contributed by atoms with Gasteiger partial charge in [0.25, 0.3) is 5.91 Å². The first kappa shape index (κ1) is 27.4. The summed E-state index contributed by atoms with van der Waals surface area (Å²) in [7, 11) is 3.46. The average Bonchev–Trinajstić information content (AvgIpc) is 2.79. The number of nitrogens with one attached hydrogen (secondary N) is 3. The standard InChI is InChI=1S/C22H38N6O4/c1-4-18-6-5-7-20(21(18)22(29)26-3)27-9-12-30-14-15-31-13-10-28(24)16-19(23)17-32-11-8-25-2/h4-7,16,25,27H,1,8-15,17,23-24H2,2-3H3,(H,26,29)/b19-16-. The molecule has 1 rings (SSSR count). The van der Waals surface area contributed by atoms with Crippen LogP contribution in [0.25, 0.3) is 6.08 Å². The molecule has 0 aromatic heterocycles. The Bertz CT molecular complexity index is 714. The molecule has 0 aliphatic rings. The van der Waals surface area contributed by atoms with Crippen LogP contribution in [0.2, 0.25) is 0 Å². The van der Waals surface area contributed by atoms with E-state index in [1.165, 1.54) is 5.01 Å². The molecule has 0 saturated heterocycles. The van der Waals surface area contributed by atoms with Gasteiger partial charge in [-0.3, -0.25) is 4.79 Å². The molecule has 0 aliphatic carbocycles. The van der Waals surface area contributed by atoms with Gasteiger partial charge in [-0.05, 0) is 18.7 Å². The number of ether oxygens (including phenoxy) is 3. The molecule has 10 heteroatoms. The van der Waals surface area contributed by atoms with Crippen molar-refractivity contribution in [1.82, 2.24) is 15.6 Å². The molecule has 180 valence electrons. The highest BCUT2D eigenvalue weighted by atomic mass is 16.5. The Morgan fingerprint density at radius 1 is 1.09 bits per heavy atom. The van der Waals surface area contributed by atoms with Crippen molar-refractivity contribution in [2.45, 2.75) is 0 Å². The van der Waals surface area contributed by atoms with Crippen LogP contribution in [0.15, 0.2) is 36.7 Å². The van der Waals surface area contributed by atoms with Crippen molar-refractivity contribution >= 4 is 17.7 Å². The SMILES string of the molecule is C=Cc1cccc(NCCOCCOCCN(N)/C=C(\N)COCCNC)c1C(=O)NC. The minimum absolute atomic E-state index is 0.163. The molecule has 1 amide bonds. The molecular weight excluding hydrogens is 412 g/mol. The molecule has 0 aliphatic heterocycles. The molecule has 0 atom stereocenters. The molecule has 0 unspecified atom stereocenters. The number of likely N-dealkylation sites (N-methyl/N-ethyl adjacent to an activating group) is 1. The van der Waals surface area contributed by atoms with Gasteiger partial charge in [0.05, 0.1) is 57.4 Å². The van der Waals surface area contributed by atoms with Crippen molar-refractivity contribution in [2.75, 3.05) is 78.7 Å². The van der Waals surface area contributed by atoms with E-state index in [0.29, 0.717) is 64.0 Å². The molecule has 0 fully saturated rings. The van der Waals surface area contributed by atoms with Crippen molar-refractivity contribution in [2.24, 2.45) is 11.6 Å². The second-order valence-electron chi connectivity index (χ2n) is 6.80. The number of rotatable bonds is 18. The lowest BCUT2D eigenvalue weighted by Gasteiger charge is -2.15. The number of nitrogens with two attached hydrogens (primary N) is 2. The average molecular weight is 451 g/mol. The van der Waals surface area contributed by atoms with Crippen LogP contribution in [-0.4, -0.2) is 84.3 Å². The molecule has 7 N–H and O–H groups in total. The summed E-state index contributed by atoms with van der Waals surface area (Å²) >= 11 is 0. The number of hydrogen-bond acceptors (Lipinski definition) is 9. The summed E-state index contributed by atoms with van der Waals surface area (Å²) < 4.78 is 16.5. The van der Waals surface area contributed by atoms with Crippen LogP contribution in [0.1, 0.15) is 15.9 Å². The van der Waals surface area contributed by atoms with E-state index < -0.39 is 0 Å². The van der Waals surface area contributed by atoms with Crippen LogP contribution in [0.4, 0.5) is 5.69 Å². The number of benzene rings is 1. The summed E-state index contributed by atoms with van der Waals surface area (Å²) in [6.07, 6.45) is 3.30. The van der Waals surface area contributed by atoms with Gasteiger partial charge in [0.15, 0.2) is 0 Å². The van der Waals surface area contributed by atoms with Crippen molar-refractivity contribution in [3.05, 3.63) is 47.8 Å². The Labute approximate surface area is 190 Å². The van der Waals surface area contributed by atoms with Crippen molar-refractivity contribution in [1.29, 1.82) is 0 Å². The van der Waals surface area contributed by atoms with E-state index in [2.05, 4.69) is 22.5 Å². The number of nitrogens with zero attached hydrogens (tertiary/aromatic N) is 1. The fourth-order valence-corrected chi connectivity index (χ4v) is 2.69. The Morgan fingerprint density at radius 3 is 2.50 bits per heavy atom. The second kappa shape index (κ2) is 17.0. The van der Waals surface area contributed by atoms with E-state index >= 15 is 0 Å². The molecule has 0 radical (unpaired) electrons. The first-order valence-electron chi connectivity index (χ1n) is 10.6. The maximum absolute atomic E-state index is 12.1. The van der Waals surface area contributed by atoms with E-state index in [1.54, 1.807) is 19.3 Å². The molecule has 1 aromatic carbocycles. The minimum atomic E-state index is -0.163. The van der Waals surface area contributed by atoms with Crippen LogP contribution in [0.3, 0.4) is 0 Å². The lowest BCUT2D eigenvalue weighted by molar-refractivity contribution is 0.0457. The van der Waals surface area contributed by atoms with E-state index in [0.717, 1.165) is 17.8 Å². The Morgan fingerprint density at radius 2 is 1.81 bits per heavy atom. The van der Waals surface area contributed by atoms with Gasteiger partial charge in [0, 0.05) is 32.0 Å². The second-order valence-corrected chi connectivity index (χ2v) is 6.80. The topological polar surface area (TPSA) is 136 Å². The summed E-state index contributed by atoms with van der Waals surface area (Å²) in [4.78, 5) is 12.1. The summed E-state index contributed by atoms with van der Waals surface area (Å²) in [5.41, 5.74) is 8.48. The lowest BCUT2D eigenvalue weighted by atomic mass is 10.0. The molecule has 0 saturated carbocycles. The van der Waals surface area contributed by atoms with Gasteiger partial charge in [-0.25, -0.2) is 5.84 Å². The maximum atomic E-state index is 12.1.